The van der Waals surface area contributed by atoms with Crippen molar-refractivity contribution in [2.24, 2.45) is 0 Å². The first kappa shape index (κ1) is 19.0. The molecule has 0 radical (unpaired) electrons. The summed E-state index contributed by atoms with van der Waals surface area (Å²) < 4.78 is 0. The first-order valence-electron chi connectivity index (χ1n) is 8.82. The van der Waals surface area contributed by atoms with E-state index in [1.54, 1.807) is 37.3 Å². The van der Waals surface area contributed by atoms with Crippen LogP contribution >= 0.6 is 0 Å². The van der Waals surface area contributed by atoms with Gasteiger partial charge in [0.2, 0.25) is 11.9 Å². The summed E-state index contributed by atoms with van der Waals surface area (Å²) in [5, 5.41) is 8.65. The van der Waals surface area contributed by atoms with Crippen molar-refractivity contribution in [3.8, 4) is 0 Å². The maximum atomic E-state index is 12.5. The van der Waals surface area contributed by atoms with Crippen LogP contribution in [0.5, 0.6) is 0 Å². The number of nitrogens with zero attached hydrogens (tertiary/aromatic N) is 2. The lowest BCUT2D eigenvalue weighted by atomic mass is 10.2. The van der Waals surface area contributed by atoms with Crippen molar-refractivity contribution in [2.75, 3.05) is 10.6 Å². The molecule has 28 heavy (non-hydrogen) atoms. The number of nitrogens with one attached hydrogen (secondary N) is 3. The zero-order valence-electron chi connectivity index (χ0n) is 15.7. The highest BCUT2D eigenvalue weighted by atomic mass is 16.2. The first-order valence-corrected chi connectivity index (χ1v) is 8.82. The molecule has 0 aliphatic rings. The molecule has 0 saturated heterocycles. The molecule has 3 rings (SSSR count). The number of hydrogen-bond donors (Lipinski definition) is 3. The molecular weight excluding hydrogens is 354 g/mol. The van der Waals surface area contributed by atoms with Gasteiger partial charge in [-0.25, -0.2) is 9.97 Å². The summed E-state index contributed by atoms with van der Waals surface area (Å²) in [4.78, 5) is 32.2. The molecule has 7 heteroatoms. The summed E-state index contributed by atoms with van der Waals surface area (Å²) >= 11 is 0. The topological polar surface area (TPSA) is 96.0 Å². The largest absolute Gasteiger partial charge is 0.347 e. The van der Waals surface area contributed by atoms with Gasteiger partial charge in [0.15, 0.2) is 0 Å². The van der Waals surface area contributed by atoms with Gasteiger partial charge < -0.3 is 16.0 Å². The van der Waals surface area contributed by atoms with Crippen LogP contribution in [0, 0.1) is 6.92 Å². The van der Waals surface area contributed by atoms with E-state index in [1.165, 1.54) is 6.92 Å². The number of aryl methyl sites for hydroxylation is 1. The van der Waals surface area contributed by atoms with Gasteiger partial charge in [-0.2, -0.15) is 0 Å². The Morgan fingerprint density at radius 1 is 0.929 bits per heavy atom. The predicted molar refractivity (Wildman–Crippen MR) is 108 cm³/mol. The van der Waals surface area contributed by atoms with Gasteiger partial charge in [0.25, 0.3) is 5.91 Å². The summed E-state index contributed by atoms with van der Waals surface area (Å²) in [5.74, 6) is -0.0653. The lowest BCUT2D eigenvalue weighted by Gasteiger charge is -2.10. The van der Waals surface area contributed by atoms with Crippen molar-refractivity contribution in [3.63, 3.8) is 0 Å². The lowest BCUT2D eigenvalue weighted by Crippen LogP contribution is -2.24. The molecule has 3 N–H and O–H groups in total. The molecule has 0 fully saturated rings. The van der Waals surface area contributed by atoms with Crippen LogP contribution in [0.4, 0.5) is 17.3 Å². The minimum absolute atomic E-state index is 0.131. The number of anilines is 3. The van der Waals surface area contributed by atoms with E-state index in [1.807, 2.05) is 30.3 Å². The van der Waals surface area contributed by atoms with E-state index in [-0.39, 0.29) is 11.8 Å². The van der Waals surface area contributed by atoms with Crippen LogP contribution in [-0.4, -0.2) is 21.8 Å². The number of benzene rings is 2. The molecule has 0 unspecified atom stereocenters. The number of carbonyl (C=O) groups excluding carboxylic acids is 2. The highest BCUT2D eigenvalue weighted by molar-refractivity contribution is 5.92. The number of carbonyl (C=O) groups is 2. The molecule has 0 aliphatic carbocycles. The molecule has 0 atom stereocenters. The van der Waals surface area contributed by atoms with E-state index in [9.17, 15) is 9.59 Å². The summed E-state index contributed by atoms with van der Waals surface area (Å²) in [6.45, 7) is 3.69. The molecule has 2 aromatic carbocycles. The average molecular weight is 375 g/mol. The zero-order valence-corrected chi connectivity index (χ0v) is 15.7. The van der Waals surface area contributed by atoms with Crippen LogP contribution in [0.1, 0.15) is 28.7 Å². The van der Waals surface area contributed by atoms with Gasteiger partial charge in [-0.15, -0.1) is 0 Å². The number of rotatable bonds is 6. The highest BCUT2D eigenvalue weighted by Gasteiger charge is 2.11. The van der Waals surface area contributed by atoms with Crippen molar-refractivity contribution in [2.45, 2.75) is 20.4 Å². The van der Waals surface area contributed by atoms with Crippen LogP contribution in [0.15, 0.2) is 60.7 Å². The lowest BCUT2D eigenvalue weighted by molar-refractivity contribution is -0.114. The molecule has 1 aromatic heterocycles. The van der Waals surface area contributed by atoms with Crippen LogP contribution in [0.2, 0.25) is 0 Å². The molecule has 0 bridgehead atoms. The summed E-state index contributed by atoms with van der Waals surface area (Å²) in [5.41, 5.74) is 3.43. The van der Waals surface area contributed by atoms with Gasteiger partial charge >= 0.3 is 0 Å². The Morgan fingerprint density at radius 3 is 2.29 bits per heavy atom. The third kappa shape index (κ3) is 5.38. The van der Waals surface area contributed by atoms with Crippen molar-refractivity contribution in [3.05, 3.63) is 77.6 Å². The van der Waals surface area contributed by atoms with Gasteiger partial charge in [0.1, 0.15) is 5.69 Å². The van der Waals surface area contributed by atoms with E-state index in [4.69, 9.17) is 0 Å². The molecule has 7 nitrogen and oxygen atoms in total. The predicted octanol–water partition coefficient (Wildman–Crippen LogP) is 3.42. The Hall–Kier alpha value is -3.74. The van der Waals surface area contributed by atoms with Gasteiger partial charge in [0.05, 0.1) is 0 Å². The van der Waals surface area contributed by atoms with Crippen molar-refractivity contribution < 1.29 is 9.59 Å². The average Bonchev–Trinajstić information content (AvgIpc) is 2.67. The highest BCUT2D eigenvalue weighted by Crippen LogP contribution is 2.17. The number of aromatic nitrogens is 2. The SMILES string of the molecule is CC(=O)Nc1ccc(Nc2nc(C)cc(C(=O)NCc3ccccc3)n2)cc1. The maximum Gasteiger partial charge on any atom is 0.270 e. The Kier molecular flexibility index (Phi) is 5.96. The van der Waals surface area contributed by atoms with Crippen molar-refractivity contribution >= 4 is 29.1 Å². The molecular formula is C21H21N5O2. The fraction of sp³-hybridized carbons (Fsp3) is 0.143. The van der Waals surface area contributed by atoms with Gasteiger partial charge in [0, 0.05) is 30.5 Å². The van der Waals surface area contributed by atoms with Gasteiger partial charge in [-0.1, -0.05) is 30.3 Å². The summed E-state index contributed by atoms with van der Waals surface area (Å²) in [6, 6.07) is 18.5. The molecule has 142 valence electrons. The Labute approximate surface area is 163 Å². The standard InChI is InChI=1S/C21H21N5O2/c1-14-12-19(20(28)22-13-16-6-4-3-5-7-16)26-21(23-14)25-18-10-8-17(9-11-18)24-15(2)27/h3-12H,13H2,1-2H3,(H,22,28)(H,24,27)(H,23,25,26). The van der Waals surface area contributed by atoms with Crippen molar-refractivity contribution in [1.82, 2.24) is 15.3 Å². The third-order valence-electron chi connectivity index (χ3n) is 3.84. The van der Waals surface area contributed by atoms with Crippen LogP contribution < -0.4 is 16.0 Å². The fourth-order valence-electron chi connectivity index (χ4n) is 2.58. The second kappa shape index (κ2) is 8.77. The fourth-order valence-corrected chi connectivity index (χ4v) is 2.58. The quantitative estimate of drug-likeness (QED) is 0.613. The minimum Gasteiger partial charge on any atom is -0.347 e. The van der Waals surface area contributed by atoms with Crippen molar-refractivity contribution in [1.29, 1.82) is 0 Å². The van der Waals surface area contributed by atoms with Crippen LogP contribution in [0.25, 0.3) is 0 Å². The first-order chi connectivity index (χ1) is 13.5. The van der Waals surface area contributed by atoms with E-state index in [2.05, 4.69) is 25.9 Å². The number of hydrogen-bond acceptors (Lipinski definition) is 5. The summed E-state index contributed by atoms with van der Waals surface area (Å²) in [6.07, 6.45) is 0. The van der Waals surface area contributed by atoms with E-state index >= 15 is 0 Å². The monoisotopic (exact) mass is 375 g/mol. The molecule has 3 aromatic rings. The normalized spacial score (nSPS) is 10.2. The minimum atomic E-state index is -0.265. The van der Waals surface area contributed by atoms with Crippen LogP contribution in [-0.2, 0) is 11.3 Å². The Bertz CT molecular complexity index is 972. The molecule has 1 heterocycles. The third-order valence-corrected chi connectivity index (χ3v) is 3.84. The maximum absolute atomic E-state index is 12.5. The van der Waals surface area contributed by atoms with Gasteiger partial charge in [-0.05, 0) is 42.8 Å². The smallest absolute Gasteiger partial charge is 0.270 e. The number of amides is 2. The molecule has 0 saturated carbocycles. The van der Waals surface area contributed by atoms with E-state index in [0.29, 0.717) is 29.6 Å². The second-order valence-electron chi connectivity index (χ2n) is 6.27. The molecule has 0 spiro atoms. The molecule has 0 aliphatic heterocycles. The van der Waals surface area contributed by atoms with Gasteiger partial charge in [-0.3, -0.25) is 9.59 Å². The Morgan fingerprint density at radius 2 is 1.61 bits per heavy atom. The van der Waals surface area contributed by atoms with E-state index < -0.39 is 0 Å². The van der Waals surface area contributed by atoms with Crippen LogP contribution in [0.3, 0.4) is 0 Å². The second-order valence-corrected chi connectivity index (χ2v) is 6.27. The molecule has 2 amide bonds. The zero-order chi connectivity index (χ0) is 19.9. The Balaban J connectivity index is 1.68. The van der Waals surface area contributed by atoms with E-state index in [0.717, 1.165) is 11.3 Å². The summed E-state index contributed by atoms with van der Waals surface area (Å²) in [7, 11) is 0.